The van der Waals surface area contributed by atoms with Gasteiger partial charge in [0.25, 0.3) is 5.91 Å². The lowest BCUT2D eigenvalue weighted by Crippen LogP contribution is -2.48. The van der Waals surface area contributed by atoms with Crippen molar-refractivity contribution in [3.8, 4) is 11.4 Å². The van der Waals surface area contributed by atoms with Gasteiger partial charge in [0.2, 0.25) is 0 Å². The Balaban J connectivity index is 1.46. The highest BCUT2D eigenvalue weighted by Gasteiger charge is 2.27. The fraction of sp³-hybridized carbons (Fsp3) is 0.333. The fourth-order valence-corrected chi connectivity index (χ4v) is 3.65. The van der Waals surface area contributed by atoms with Crippen LogP contribution in [0.5, 0.6) is 5.75 Å². The number of nitrogens with zero attached hydrogens (tertiary/aromatic N) is 4. The molecule has 162 valence electrons. The maximum atomic E-state index is 13.3. The quantitative estimate of drug-likeness (QED) is 0.582. The average molecular weight is 423 g/mol. The molecule has 2 aromatic carbocycles. The first kappa shape index (κ1) is 21.1. The molecule has 31 heavy (non-hydrogen) atoms. The molecule has 1 amide bonds. The molecule has 4 rings (SSSR count). The van der Waals surface area contributed by atoms with E-state index >= 15 is 0 Å². The minimum absolute atomic E-state index is 0.133. The minimum Gasteiger partial charge on any atom is -0.489 e. The number of hydrogen-bond donors (Lipinski definition) is 0. The van der Waals surface area contributed by atoms with Gasteiger partial charge in [-0.2, -0.15) is 5.10 Å². The normalized spacial score (nSPS) is 14.6. The van der Waals surface area contributed by atoms with Crippen LogP contribution in [0.2, 0.25) is 0 Å². The molecule has 0 atom stereocenters. The number of piperazine rings is 1. The van der Waals surface area contributed by atoms with Gasteiger partial charge in [0.15, 0.2) is 11.4 Å². The molecule has 3 aromatic rings. The molecule has 0 spiro atoms. The molecule has 0 aliphatic carbocycles. The van der Waals surface area contributed by atoms with Crippen LogP contribution in [0.25, 0.3) is 5.69 Å². The number of hydrogen-bond acceptors (Lipinski definition) is 4. The first-order valence-corrected chi connectivity index (χ1v) is 10.7. The van der Waals surface area contributed by atoms with E-state index in [1.165, 1.54) is 17.7 Å². The highest BCUT2D eigenvalue weighted by molar-refractivity contribution is 5.95. The van der Waals surface area contributed by atoms with Crippen LogP contribution in [0.3, 0.4) is 0 Å². The van der Waals surface area contributed by atoms with Gasteiger partial charge in [-0.25, -0.2) is 9.07 Å². The van der Waals surface area contributed by atoms with Crippen LogP contribution in [0.4, 0.5) is 4.39 Å². The van der Waals surface area contributed by atoms with Crippen molar-refractivity contribution in [1.82, 2.24) is 19.6 Å². The number of carbonyl (C=O) groups excluding carboxylic acids is 1. The topological polar surface area (TPSA) is 50.6 Å². The molecule has 6 nitrogen and oxygen atoms in total. The predicted octanol–water partition coefficient (Wildman–Crippen LogP) is 3.76. The predicted molar refractivity (Wildman–Crippen MR) is 117 cm³/mol. The van der Waals surface area contributed by atoms with Crippen LogP contribution < -0.4 is 4.74 Å². The number of amides is 1. The number of carbonyl (C=O) groups is 1. The number of ether oxygens (including phenoxy) is 1. The Bertz CT molecular complexity index is 996. The fourth-order valence-electron chi connectivity index (χ4n) is 3.65. The van der Waals surface area contributed by atoms with Crippen molar-refractivity contribution in [3.63, 3.8) is 0 Å². The van der Waals surface area contributed by atoms with E-state index in [2.05, 4.69) is 22.1 Å². The molecule has 0 bridgehead atoms. The van der Waals surface area contributed by atoms with Gasteiger partial charge < -0.3 is 9.64 Å². The van der Waals surface area contributed by atoms with Crippen LogP contribution >= 0.6 is 0 Å². The van der Waals surface area contributed by atoms with Crippen molar-refractivity contribution in [1.29, 1.82) is 0 Å². The summed E-state index contributed by atoms with van der Waals surface area (Å²) in [5.74, 6) is 0.0113. The summed E-state index contributed by atoms with van der Waals surface area (Å²) in [7, 11) is 0. The Kier molecular flexibility index (Phi) is 6.62. The molecule has 0 saturated carbocycles. The van der Waals surface area contributed by atoms with Gasteiger partial charge in [0, 0.05) is 32.7 Å². The summed E-state index contributed by atoms with van der Waals surface area (Å²) in [4.78, 5) is 17.4. The Labute approximate surface area is 181 Å². The second-order valence-electron chi connectivity index (χ2n) is 7.67. The summed E-state index contributed by atoms with van der Waals surface area (Å²) in [5.41, 5.74) is 2.25. The third-order valence-electron chi connectivity index (χ3n) is 5.34. The van der Waals surface area contributed by atoms with E-state index < -0.39 is 0 Å². The first-order valence-electron chi connectivity index (χ1n) is 10.7. The zero-order valence-corrected chi connectivity index (χ0v) is 17.7. The van der Waals surface area contributed by atoms with E-state index in [4.69, 9.17) is 4.74 Å². The van der Waals surface area contributed by atoms with Crippen molar-refractivity contribution < 1.29 is 13.9 Å². The van der Waals surface area contributed by atoms with Crippen molar-refractivity contribution in [3.05, 3.63) is 77.9 Å². The lowest BCUT2D eigenvalue weighted by atomic mass is 10.2. The van der Waals surface area contributed by atoms with Gasteiger partial charge >= 0.3 is 0 Å². The molecule has 1 fully saturated rings. The monoisotopic (exact) mass is 422 g/mol. The zero-order chi connectivity index (χ0) is 21.6. The number of aromatic nitrogens is 2. The van der Waals surface area contributed by atoms with E-state index in [1.807, 2.05) is 30.0 Å². The summed E-state index contributed by atoms with van der Waals surface area (Å²) >= 11 is 0. The first-order chi connectivity index (χ1) is 15.1. The van der Waals surface area contributed by atoms with Gasteiger partial charge in [0.1, 0.15) is 5.82 Å². The second-order valence-corrected chi connectivity index (χ2v) is 7.67. The molecule has 0 unspecified atom stereocenters. The largest absolute Gasteiger partial charge is 0.489 e. The van der Waals surface area contributed by atoms with Crippen LogP contribution in [0, 0.1) is 5.82 Å². The number of benzene rings is 2. The van der Waals surface area contributed by atoms with Gasteiger partial charge in [-0.15, -0.1) is 0 Å². The molecule has 1 saturated heterocycles. The molecule has 1 aliphatic heterocycles. The lowest BCUT2D eigenvalue weighted by Gasteiger charge is -2.34. The maximum Gasteiger partial charge on any atom is 0.278 e. The van der Waals surface area contributed by atoms with E-state index in [1.54, 1.807) is 23.0 Å². The molecular weight excluding hydrogens is 395 g/mol. The Morgan fingerprint density at radius 1 is 1.03 bits per heavy atom. The van der Waals surface area contributed by atoms with Crippen LogP contribution in [-0.4, -0.2) is 58.3 Å². The molecule has 1 aromatic heterocycles. The van der Waals surface area contributed by atoms with Crippen molar-refractivity contribution in [2.45, 2.75) is 19.9 Å². The molecule has 2 heterocycles. The van der Waals surface area contributed by atoms with E-state index in [9.17, 15) is 9.18 Å². The van der Waals surface area contributed by atoms with E-state index in [0.717, 1.165) is 26.1 Å². The van der Waals surface area contributed by atoms with Crippen LogP contribution in [0.1, 0.15) is 29.4 Å². The smallest absolute Gasteiger partial charge is 0.278 e. The van der Waals surface area contributed by atoms with Gasteiger partial charge in [-0.3, -0.25) is 9.69 Å². The van der Waals surface area contributed by atoms with Gasteiger partial charge in [-0.05, 0) is 36.2 Å². The van der Waals surface area contributed by atoms with Crippen molar-refractivity contribution in [2.75, 3.05) is 32.8 Å². The average Bonchev–Trinajstić information content (AvgIpc) is 3.23. The van der Waals surface area contributed by atoms with Crippen molar-refractivity contribution in [2.24, 2.45) is 0 Å². The van der Waals surface area contributed by atoms with Gasteiger partial charge in [-0.1, -0.05) is 37.3 Å². The minimum atomic E-state index is -0.317. The summed E-state index contributed by atoms with van der Waals surface area (Å²) in [5, 5.41) is 4.49. The highest BCUT2D eigenvalue weighted by Crippen LogP contribution is 2.23. The second kappa shape index (κ2) is 9.75. The molecule has 0 N–H and O–H groups in total. The lowest BCUT2D eigenvalue weighted by molar-refractivity contribution is 0.0618. The number of halogens is 1. The summed E-state index contributed by atoms with van der Waals surface area (Å²) in [6.07, 6.45) is 2.52. The summed E-state index contributed by atoms with van der Waals surface area (Å²) in [6, 6.07) is 16.4. The SMILES string of the molecule is CCCOc1cn(-c2ccc(F)cc2)nc1C(=O)N1CCN(Cc2ccccc2)CC1. The van der Waals surface area contributed by atoms with Crippen molar-refractivity contribution >= 4 is 5.91 Å². The molecule has 0 radical (unpaired) electrons. The zero-order valence-electron chi connectivity index (χ0n) is 17.7. The van der Waals surface area contributed by atoms with Crippen LogP contribution in [-0.2, 0) is 6.54 Å². The summed E-state index contributed by atoms with van der Waals surface area (Å²) < 4.78 is 20.7. The third kappa shape index (κ3) is 5.11. The molecule has 7 heteroatoms. The number of rotatable bonds is 7. The van der Waals surface area contributed by atoms with E-state index in [0.29, 0.717) is 36.8 Å². The summed E-state index contributed by atoms with van der Waals surface area (Å²) in [6.45, 7) is 6.30. The standard InChI is InChI=1S/C24H27FN4O2/c1-2-16-31-22-18-29(21-10-8-20(25)9-11-21)26-23(22)24(30)28-14-12-27(13-15-28)17-19-6-4-3-5-7-19/h3-11,18H,2,12-17H2,1H3. The Hall–Kier alpha value is -3.19. The Morgan fingerprint density at radius 3 is 2.42 bits per heavy atom. The molecular formula is C24H27FN4O2. The molecule has 1 aliphatic rings. The van der Waals surface area contributed by atoms with Gasteiger partial charge in [0.05, 0.1) is 18.5 Å². The van der Waals surface area contributed by atoms with E-state index in [-0.39, 0.29) is 11.7 Å². The Morgan fingerprint density at radius 2 is 1.74 bits per heavy atom. The maximum absolute atomic E-state index is 13.3. The van der Waals surface area contributed by atoms with Crippen LogP contribution in [0.15, 0.2) is 60.8 Å². The highest BCUT2D eigenvalue weighted by atomic mass is 19.1. The third-order valence-corrected chi connectivity index (χ3v) is 5.34.